The standard InChI is InChI=1S/C11H23F3N2O/c1-4-17-7-5-6-15-8-10(2)16(3)9-11(12,13)14/h10,15H,4-9H2,1-3H3. The first-order chi connectivity index (χ1) is 7.87. The molecule has 0 saturated heterocycles. The topological polar surface area (TPSA) is 24.5 Å². The van der Waals surface area contributed by atoms with Crippen LogP contribution in [0.2, 0.25) is 0 Å². The predicted octanol–water partition coefficient (Wildman–Crippen LogP) is 1.89. The second-order valence-corrected chi connectivity index (χ2v) is 4.13. The first kappa shape index (κ1) is 16.7. The molecular weight excluding hydrogens is 233 g/mol. The largest absolute Gasteiger partial charge is 0.401 e. The molecule has 1 atom stereocenters. The van der Waals surface area contributed by atoms with E-state index < -0.39 is 12.7 Å². The minimum absolute atomic E-state index is 0.135. The first-order valence-electron chi connectivity index (χ1n) is 5.92. The maximum atomic E-state index is 12.1. The molecule has 1 N–H and O–H groups in total. The summed E-state index contributed by atoms with van der Waals surface area (Å²) < 4.78 is 41.5. The van der Waals surface area contributed by atoms with Crippen LogP contribution in [0, 0.1) is 0 Å². The van der Waals surface area contributed by atoms with E-state index in [9.17, 15) is 13.2 Å². The third kappa shape index (κ3) is 10.5. The highest BCUT2D eigenvalue weighted by atomic mass is 19.4. The molecule has 6 heteroatoms. The Labute approximate surface area is 101 Å². The molecule has 0 aliphatic rings. The zero-order chi connectivity index (χ0) is 13.3. The summed E-state index contributed by atoms with van der Waals surface area (Å²) >= 11 is 0. The highest BCUT2D eigenvalue weighted by Gasteiger charge is 2.30. The number of nitrogens with one attached hydrogen (secondary N) is 1. The van der Waals surface area contributed by atoms with Gasteiger partial charge in [-0.05, 0) is 33.9 Å². The average molecular weight is 256 g/mol. The number of hydrogen-bond acceptors (Lipinski definition) is 3. The predicted molar refractivity (Wildman–Crippen MR) is 62.1 cm³/mol. The third-order valence-corrected chi connectivity index (χ3v) is 2.47. The van der Waals surface area contributed by atoms with Gasteiger partial charge in [0.2, 0.25) is 0 Å². The molecule has 0 aromatic heterocycles. The van der Waals surface area contributed by atoms with Gasteiger partial charge in [0.05, 0.1) is 6.54 Å². The molecule has 0 aliphatic carbocycles. The van der Waals surface area contributed by atoms with E-state index in [0.717, 1.165) is 13.0 Å². The van der Waals surface area contributed by atoms with Crippen LogP contribution in [-0.2, 0) is 4.74 Å². The molecular formula is C11H23F3N2O. The van der Waals surface area contributed by atoms with Gasteiger partial charge >= 0.3 is 6.18 Å². The third-order valence-electron chi connectivity index (χ3n) is 2.47. The van der Waals surface area contributed by atoms with Gasteiger partial charge in [-0.1, -0.05) is 0 Å². The fourth-order valence-electron chi connectivity index (χ4n) is 1.35. The van der Waals surface area contributed by atoms with Crippen LogP contribution < -0.4 is 5.32 Å². The molecule has 1 unspecified atom stereocenters. The smallest absolute Gasteiger partial charge is 0.382 e. The van der Waals surface area contributed by atoms with Crippen LogP contribution in [0.4, 0.5) is 13.2 Å². The van der Waals surface area contributed by atoms with Crippen molar-refractivity contribution in [1.29, 1.82) is 0 Å². The fraction of sp³-hybridized carbons (Fsp3) is 1.00. The number of nitrogens with zero attached hydrogens (tertiary/aromatic N) is 1. The van der Waals surface area contributed by atoms with Crippen LogP contribution in [0.1, 0.15) is 20.3 Å². The Kier molecular flexibility index (Phi) is 8.55. The Balaban J connectivity index is 3.54. The molecule has 0 aromatic carbocycles. The van der Waals surface area contributed by atoms with Crippen molar-refractivity contribution in [3.63, 3.8) is 0 Å². The summed E-state index contributed by atoms with van der Waals surface area (Å²) in [5.41, 5.74) is 0. The highest BCUT2D eigenvalue weighted by Crippen LogP contribution is 2.16. The van der Waals surface area contributed by atoms with E-state index in [0.29, 0.717) is 19.8 Å². The Hall–Kier alpha value is -0.330. The number of halogens is 3. The number of alkyl halides is 3. The molecule has 0 amide bonds. The van der Waals surface area contributed by atoms with Crippen LogP contribution in [-0.4, -0.2) is 57.0 Å². The lowest BCUT2D eigenvalue weighted by Gasteiger charge is -2.25. The number of rotatable bonds is 9. The quantitative estimate of drug-likeness (QED) is 0.638. The lowest BCUT2D eigenvalue weighted by molar-refractivity contribution is -0.146. The van der Waals surface area contributed by atoms with Gasteiger partial charge in [-0.25, -0.2) is 0 Å². The van der Waals surface area contributed by atoms with Crippen molar-refractivity contribution in [3.05, 3.63) is 0 Å². The number of hydrogen-bond donors (Lipinski definition) is 1. The normalized spacial score (nSPS) is 14.3. The van der Waals surface area contributed by atoms with Crippen molar-refractivity contribution in [2.45, 2.75) is 32.5 Å². The second-order valence-electron chi connectivity index (χ2n) is 4.13. The summed E-state index contributed by atoms with van der Waals surface area (Å²) in [6.45, 7) is 5.56. The van der Waals surface area contributed by atoms with Crippen LogP contribution in [0.3, 0.4) is 0 Å². The highest BCUT2D eigenvalue weighted by molar-refractivity contribution is 4.69. The van der Waals surface area contributed by atoms with E-state index in [1.165, 1.54) is 11.9 Å². The van der Waals surface area contributed by atoms with E-state index in [-0.39, 0.29) is 6.04 Å². The molecule has 0 heterocycles. The van der Waals surface area contributed by atoms with E-state index in [2.05, 4.69) is 5.32 Å². The van der Waals surface area contributed by atoms with Gasteiger partial charge in [0, 0.05) is 25.8 Å². The molecule has 0 saturated carbocycles. The Morgan fingerprint density at radius 3 is 2.53 bits per heavy atom. The Morgan fingerprint density at radius 2 is 2.00 bits per heavy atom. The van der Waals surface area contributed by atoms with E-state index >= 15 is 0 Å². The second kappa shape index (κ2) is 8.72. The first-order valence-corrected chi connectivity index (χ1v) is 5.92. The zero-order valence-corrected chi connectivity index (χ0v) is 10.8. The molecule has 104 valence electrons. The van der Waals surface area contributed by atoms with Crippen LogP contribution in [0.25, 0.3) is 0 Å². The molecule has 0 rings (SSSR count). The minimum atomic E-state index is -4.13. The van der Waals surface area contributed by atoms with E-state index in [1.807, 2.05) is 6.92 Å². The summed E-state index contributed by atoms with van der Waals surface area (Å²) in [6, 6.07) is -0.135. The van der Waals surface area contributed by atoms with Gasteiger partial charge < -0.3 is 10.1 Å². The number of likely N-dealkylation sites (N-methyl/N-ethyl adjacent to an activating group) is 1. The van der Waals surface area contributed by atoms with Crippen molar-refractivity contribution < 1.29 is 17.9 Å². The maximum Gasteiger partial charge on any atom is 0.401 e. The molecule has 0 fully saturated rings. The molecule has 3 nitrogen and oxygen atoms in total. The average Bonchev–Trinajstić information content (AvgIpc) is 2.20. The van der Waals surface area contributed by atoms with Gasteiger partial charge in [0.1, 0.15) is 0 Å². The van der Waals surface area contributed by atoms with E-state index in [1.54, 1.807) is 6.92 Å². The zero-order valence-electron chi connectivity index (χ0n) is 10.8. The summed E-state index contributed by atoms with van der Waals surface area (Å²) in [5.74, 6) is 0. The SMILES string of the molecule is CCOCCCNCC(C)N(C)CC(F)(F)F. The van der Waals surface area contributed by atoms with Gasteiger partial charge in [-0.3, -0.25) is 4.90 Å². The van der Waals surface area contributed by atoms with Crippen LogP contribution in [0.5, 0.6) is 0 Å². The monoisotopic (exact) mass is 256 g/mol. The molecule has 0 aliphatic heterocycles. The summed E-state index contributed by atoms with van der Waals surface area (Å²) in [5, 5.41) is 3.12. The lowest BCUT2D eigenvalue weighted by Crippen LogP contribution is -2.42. The minimum Gasteiger partial charge on any atom is -0.382 e. The molecule has 0 spiro atoms. The molecule has 0 radical (unpaired) electrons. The summed E-state index contributed by atoms with van der Waals surface area (Å²) in [7, 11) is 1.49. The van der Waals surface area contributed by atoms with Crippen LogP contribution in [0.15, 0.2) is 0 Å². The van der Waals surface area contributed by atoms with E-state index in [4.69, 9.17) is 4.74 Å². The van der Waals surface area contributed by atoms with Crippen molar-refractivity contribution in [1.82, 2.24) is 10.2 Å². The Morgan fingerprint density at radius 1 is 1.35 bits per heavy atom. The fourth-order valence-corrected chi connectivity index (χ4v) is 1.35. The van der Waals surface area contributed by atoms with Crippen molar-refractivity contribution >= 4 is 0 Å². The summed E-state index contributed by atoms with van der Waals surface area (Å²) in [4.78, 5) is 1.30. The van der Waals surface area contributed by atoms with Gasteiger partial charge in [-0.15, -0.1) is 0 Å². The van der Waals surface area contributed by atoms with Crippen molar-refractivity contribution in [2.75, 3.05) is 39.9 Å². The lowest BCUT2D eigenvalue weighted by atomic mass is 10.3. The van der Waals surface area contributed by atoms with Crippen molar-refractivity contribution in [3.8, 4) is 0 Å². The van der Waals surface area contributed by atoms with Crippen LogP contribution >= 0.6 is 0 Å². The van der Waals surface area contributed by atoms with Gasteiger partial charge in [0.15, 0.2) is 0 Å². The van der Waals surface area contributed by atoms with Gasteiger partial charge in [0.25, 0.3) is 0 Å². The molecule has 0 aromatic rings. The number of ether oxygens (including phenoxy) is 1. The molecule has 0 bridgehead atoms. The summed E-state index contributed by atoms with van der Waals surface area (Å²) in [6.07, 6.45) is -3.25. The van der Waals surface area contributed by atoms with Gasteiger partial charge in [-0.2, -0.15) is 13.2 Å². The Bertz CT molecular complexity index is 188. The maximum absolute atomic E-state index is 12.1. The van der Waals surface area contributed by atoms with Crippen molar-refractivity contribution in [2.24, 2.45) is 0 Å². The molecule has 17 heavy (non-hydrogen) atoms.